The second kappa shape index (κ2) is 4.14. The Labute approximate surface area is 92.3 Å². The fraction of sp³-hybridized carbons (Fsp3) is 0.182. The van der Waals surface area contributed by atoms with Crippen LogP contribution in [-0.2, 0) is 9.59 Å². The molecule has 0 spiro atoms. The molecule has 1 amide bonds. The molecule has 0 atom stereocenters. The number of esters is 1. The predicted molar refractivity (Wildman–Crippen MR) is 55.4 cm³/mol. The molecule has 82 valence electrons. The first-order valence-corrected chi connectivity index (χ1v) is 4.83. The van der Waals surface area contributed by atoms with Crippen LogP contribution in [0.4, 0.5) is 0 Å². The monoisotopic (exact) mass is 219 g/mol. The van der Waals surface area contributed by atoms with Crippen molar-refractivity contribution in [1.29, 1.82) is 0 Å². The van der Waals surface area contributed by atoms with Gasteiger partial charge in [0, 0.05) is 0 Å². The minimum Gasteiger partial charge on any atom is -0.419 e. The fourth-order valence-electron chi connectivity index (χ4n) is 1.35. The van der Waals surface area contributed by atoms with Gasteiger partial charge in [0.25, 0.3) is 11.6 Å². The first-order chi connectivity index (χ1) is 7.66. The fourth-order valence-corrected chi connectivity index (χ4v) is 1.35. The van der Waals surface area contributed by atoms with Crippen molar-refractivity contribution >= 4 is 17.6 Å². The molecule has 0 saturated carbocycles. The second-order valence-electron chi connectivity index (χ2n) is 3.42. The largest absolute Gasteiger partial charge is 0.419 e. The molecule has 0 saturated heterocycles. The van der Waals surface area contributed by atoms with Crippen LogP contribution in [0.25, 0.3) is 0 Å². The molecule has 0 bridgehead atoms. The van der Waals surface area contributed by atoms with Crippen LogP contribution in [-0.4, -0.2) is 29.6 Å². The van der Waals surface area contributed by atoms with Gasteiger partial charge in [-0.25, -0.2) is 4.79 Å². The number of amides is 1. The van der Waals surface area contributed by atoms with Crippen molar-refractivity contribution in [3.05, 3.63) is 30.3 Å². The molecule has 5 nitrogen and oxygen atoms in total. The molecule has 16 heavy (non-hydrogen) atoms. The minimum absolute atomic E-state index is 0.0577. The molecule has 0 fully saturated rings. The van der Waals surface area contributed by atoms with Crippen LogP contribution in [0.5, 0.6) is 5.75 Å². The molecule has 1 heterocycles. The normalized spacial score (nSPS) is 14.9. The van der Waals surface area contributed by atoms with Crippen molar-refractivity contribution in [3.8, 4) is 5.75 Å². The van der Waals surface area contributed by atoms with E-state index in [1.165, 1.54) is 5.01 Å². The number of nitrogens with one attached hydrogen (secondary N) is 1. The third-order valence-corrected chi connectivity index (χ3v) is 2.20. The number of hydrogen-bond acceptors (Lipinski definition) is 3. The van der Waals surface area contributed by atoms with Gasteiger partial charge in [-0.05, 0) is 12.1 Å². The molecule has 1 aliphatic heterocycles. The summed E-state index contributed by atoms with van der Waals surface area (Å²) in [6.45, 7) is 0. The summed E-state index contributed by atoms with van der Waals surface area (Å²) >= 11 is 0. The highest BCUT2D eigenvalue weighted by Gasteiger charge is 2.34. The third kappa shape index (κ3) is 2.08. The summed E-state index contributed by atoms with van der Waals surface area (Å²) in [5, 5.41) is 3.91. The Bertz CT molecular complexity index is 454. The molecular formula is C11H11N2O3+. The number of hydrazone groups is 1. The summed E-state index contributed by atoms with van der Waals surface area (Å²) in [5.74, 6) is -0.215. The maximum atomic E-state index is 11.6. The Morgan fingerprint density at radius 3 is 2.62 bits per heavy atom. The van der Waals surface area contributed by atoms with Crippen molar-refractivity contribution < 1.29 is 19.4 Å². The van der Waals surface area contributed by atoms with E-state index >= 15 is 0 Å². The first-order valence-electron chi connectivity index (χ1n) is 4.83. The third-order valence-electron chi connectivity index (χ3n) is 2.20. The van der Waals surface area contributed by atoms with E-state index in [9.17, 15) is 9.59 Å². The van der Waals surface area contributed by atoms with Crippen LogP contribution in [0.1, 0.15) is 6.42 Å². The van der Waals surface area contributed by atoms with E-state index in [-0.39, 0.29) is 18.0 Å². The molecule has 0 unspecified atom stereocenters. The summed E-state index contributed by atoms with van der Waals surface area (Å²) in [4.78, 5) is 22.8. The highest BCUT2D eigenvalue weighted by Crippen LogP contribution is 2.09. The van der Waals surface area contributed by atoms with Crippen LogP contribution in [0.3, 0.4) is 0 Å². The van der Waals surface area contributed by atoms with Crippen LogP contribution in [0.2, 0.25) is 0 Å². The topological polar surface area (TPSA) is 60.6 Å². The molecule has 1 aromatic carbocycles. The summed E-state index contributed by atoms with van der Waals surface area (Å²) < 4.78 is 5.08. The van der Waals surface area contributed by atoms with Crippen LogP contribution >= 0.6 is 0 Å². The van der Waals surface area contributed by atoms with Gasteiger partial charge in [0.2, 0.25) is 0 Å². The molecule has 2 rings (SSSR count). The van der Waals surface area contributed by atoms with E-state index in [0.717, 1.165) is 0 Å². The maximum Gasteiger partial charge on any atom is 0.407 e. The second-order valence-corrected chi connectivity index (χ2v) is 3.42. The molecule has 0 radical (unpaired) electrons. The van der Waals surface area contributed by atoms with Crippen molar-refractivity contribution in [2.75, 3.05) is 7.05 Å². The molecule has 5 heteroatoms. The number of ether oxygens (including phenoxy) is 1. The summed E-state index contributed by atoms with van der Waals surface area (Å²) in [7, 11) is 1.56. The molecule has 1 aromatic rings. The van der Waals surface area contributed by atoms with Crippen molar-refractivity contribution in [2.24, 2.45) is 0 Å². The van der Waals surface area contributed by atoms with Gasteiger partial charge in [-0.2, -0.15) is 0 Å². The van der Waals surface area contributed by atoms with Gasteiger partial charge in [-0.3, -0.25) is 4.79 Å². The molecule has 1 aliphatic rings. The average Bonchev–Trinajstić information content (AvgIpc) is 2.61. The highest BCUT2D eigenvalue weighted by molar-refractivity contribution is 6.38. The van der Waals surface area contributed by atoms with E-state index in [2.05, 4.69) is 5.10 Å². The Morgan fingerprint density at radius 2 is 2.06 bits per heavy atom. The van der Waals surface area contributed by atoms with Gasteiger partial charge in [-0.1, -0.05) is 18.2 Å². The maximum absolute atomic E-state index is 11.6. The Kier molecular flexibility index (Phi) is 2.68. The number of nitrogens with zero attached hydrogens (tertiary/aromatic N) is 1. The standard InChI is InChI=1S/C11H10N2O3/c1-13-10(14)7-9(12-13)11(15)16-8-5-3-2-4-6-8/h2-6H,7H2,1H3/p+1. The Morgan fingerprint density at radius 1 is 1.38 bits per heavy atom. The molecule has 0 aromatic heterocycles. The first kappa shape index (κ1) is 10.4. The number of benzene rings is 1. The van der Waals surface area contributed by atoms with Gasteiger partial charge in [-0.15, -0.1) is 10.1 Å². The zero-order chi connectivity index (χ0) is 11.5. The van der Waals surface area contributed by atoms with E-state index in [1.807, 2.05) is 6.07 Å². The van der Waals surface area contributed by atoms with E-state index in [0.29, 0.717) is 5.75 Å². The van der Waals surface area contributed by atoms with E-state index in [4.69, 9.17) is 4.74 Å². The lowest BCUT2D eigenvalue weighted by Crippen LogP contribution is -2.80. The number of para-hydroxylation sites is 1. The highest BCUT2D eigenvalue weighted by atomic mass is 16.5. The quantitative estimate of drug-likeness (QED) is 0.507. The van der Waals surface area contributed by atoms with Crippen LogP contribution < -0.4 is 9.84 Å². The number of hydrazine groups is 1. The van der Waals surface area contributed by atoms with Crippen molar-refractivity contribution in [1.82, 2.24) is 5.01 Å². The van der Waals surface area contributed by atoms with Crippen LogP contribution in [0, 0.1) is 0 Å². The van der Waals surface area contributed by atoms with Crippen LogP contribution in [0.15, 0.2) is 30.3 Å². The zero-order valence-corrected chi connectivity index (χ0v) is 8.77. The number of carbonyl (C=O) groups is 2. The van der Waals surface area contributed by atoms with Gasteiger partial charge >= 0.3 is 5.97 Å². The number of rotatable bonds is 2. The van der Waals surface area contributed by atoms with E-state index < -0.39 is 5.97 Å². The lowest BCUT2D eigenvalue weighted by Gasteiger charge is -1.99. The van der Waals surface area contributed by atoms with Gasteiger partial charge < -0.3 is 4.74 Å². The lowest BCUT2D eigenvalue weighted by atomic mass is 10.3. The minimum atomic E-state index is -0.524. The van der Waals surface area contributed by atoms with Gasteiger partial charge in [0.1, 0.15) is 12.2 Å². The SMILES string of the molecule is CN1[NH+]=C(C(=O)Oc2ccccc2)CC1=O. The van der Waals surface area contributed by atoms with E-state index in [1.54, 1.807) is 31.3 Å². The average molecular weight is 219 g/mol. The summed E-state index contributed by atoms with van der Waals surface area (Å²) in [5.41, 5.74) is 0.261. The Balaban J connectivity index is 2.05. The molecular weight excluding hydrogens is 208 g/mol. The summed E-state index contributed by atoms with van der Waals surface area (Å²) in [6, 6.07) is 8.73. The van der Waals surface area contributed by atoms with Gasteiger partial charge in [0.15, 0.2) is 0 Å². The number of carbonyl (C=O) groups excluding carboxylic acids is 2. The van der Waals surface area contributed by atoms with Gasteiger partial charge in [0.05, 0.1) is 7.05 Å². The smallest absolute Gasteiger partial charge is 0.407 e. The predicted octanol–water partition coefficient (Wildman–Crippen LogP) is -1.11. The van der Waals surface area contributed by atoms with Crippen molar-refractivity contribution in [3.63, 3.8) is 0 Å². The molecule has 0 aliphatic carbocycles. The van der Waals surface area contributed by atoms with Crippen molar-refractivity contribution in [2.45, 2.75) is 6.42 Å². The zero-order valence-electron chi connectivity index (χ0n) is 8.77. The summed E-state index contributed by atoms with van der Waals surface area (Å²) in [6.07, 6.45) is 0.0577. The molecule has 1 N–H and O–H groups in total. The lowest BCUT2D eigenvalue weighted by molar-refractivity contribution is -0.608. The Hall–Kier alpha value is -2.17. The number of hydrogen-bond donors (Lipinski definition) is 1.